The summed E-state index contributed by atoms with van der Waals surface area (Å²) in [5.74, 6) is -1.16. The Labute approximate surface area is 232 Å². The first kappa shape index (κ1) is 32.5. The molecule has 1 aliphatic heterocycles. The molecule has 4 amide bonds. The number of nitrogens with zero attached hydrogens (tertiary/aromatic N) is 1. The minimum atomic E-state index is -0.970. The molecule has 1 heterocycles. The minimum absolute atomic E-state index is 0.0973. The Hall–Kier alpha value is -2.69. The first-order valence-corrected chi connectivity index (χ1v) is 14.2. The molecule has 0 aromatic rings. The van der Waals surface area contributed by atoms with Gasteiger partial charge in [-0.1, -0.05) is 41.0 Å². The Balaban J connectivity index is 2.15. The lowest BCUT2D eigenvalue weighted by Gasteiger charge is -2.36. The third kappa shape index (κ3) is 9.19. The van der Waals surface area contributed by atoms with E-state index in [1.165, 1.54) is 18.7 Å². The van der Waals surface area contributed by atoms with E-state index in [4.69, 9.17) is 4.74 Å². The Morgan fingerprint density at radius 1 is 1.03 bits per heavy atom. The molecule has 2 aliphatic rings. The molecule has 0 bridgehead atoms. The molecule has 2 fully saturated rings. The molecular weight excluding hydrogens is 502 g/mol. The molecule has 222 valence electrons. The molecule has 0 aromatic carbocycles. The first-order chi connectivity index (χ1) is 18.2. The Bertz CT molecular complexity index is 899. The predicted octanol–water partition coefficient (Wildman–Crippen LogP) is 1.88. The van der Waals surface area contributed by atoms with Crippen molar-refractivity contribution in [2.75, 3.05) is 13.6 Å². The molecule has 39 heavy (non-hydrogen) atoms. The van der Waals surface area contributed by atoms with Gasteiger partial charge in [0.05, 0.1) is 6.04 Å². The molecule has 11 nitrogen and oxygen atoms in total. The van der Waals surface area contributed by atoms with Crippen LogP contribution in [0.15, 0.2) is 0 Å². The summed E-state index contributed by atoms with van der Waals surface area (Å²) < 4.78 is 5.36. The predicted molar refractivity (Wildman–Crippen MR) is 148 cm³/mol. The molecule has 0 radical (unpaired) electrons. The van der Waals surface area contributed by atoms with E-state index in [9.17, 15) is 24.0 Å². The van der Waals surface area contributed by atoms with Crippen molar-refractivity contribution in [2.24, 2.45) is 11.3 Å². The molecule has 11 heteroatoms. The molecule has 0 spiro atoms. The van der Waals surface area contributed by atoms with Crippen molar-refractivity contribution in [3.8, 4) is 0 Å². The third-order valence-corrected chi connectivity index (χ3v) is 7.86. The number of Topliss-reactive ketones (excluding diaryl/α,β-unsaturated/α-hetero) is 1. The van der Waals surface area contributed by atoms with Crippen molar-refractivity contribution in [3.05, 3.63) is 0 Å². The first-order valence-electron chi connectivity index (χ1n) is 14.2. The van der Waals surface area contributed by atoms with Crippen LogP contribution in [-0.4, -0.2) is 84.4 Å². The van der Waals surface area contributed by atoms with Gasteiger partial charge in [-0.3, -0.25) is 14.4 Å². The van der Waals surface area contributed by atoms with Crippen LogP contribution in [0, 0.1) is 11.3 Å². The monoisotopic (exact) mass is 551 g/mol. The topological polar surface area (TPSA) is 146 Å². The average Bonchev–Trinajstić information content (AvgIpc) is 3.27. The largest absolute Gasteiger partial charge is 0.461 e. The van der Waals surface area contributed by atoms with E-state index < -0.39 is 47.5 Å². The van der Waals surface area contributed by atoms with E-state index >= 15 is 0 Å². The van der Waals surface area contributed by atoms with Crippen LogP contribution in [0.25, 0.3) is 0 Å². The average molecular weight is 552 g/mol. The van der Waals surface area contributed by atoms with Crippen molar-refractivity contribution in [1.29, 1.82) is 0 Å². The number of likely N-dealkylation sites (tertiary alicyclic amines) is 1. The second kappa shape index (κ2) is 14.1. The summed E-state index contributed by atoms with van der Waals surface area (Å²) in [6.07, 6.45) is 4.37. The SMILES string of the molecule is CCC(C)CC(NC(=O)C1CC(NC)CN1C(=O)C(NC(=O)NC(C)C(=O)OC1CCC1)C(C)(C)C)C(C)=O. The van der Waals surface area contributed by atoms with Gasteiger partial charge in [0.2, 0.25) is 11.8 Å². The number of hydrogen-bond acceptors (Lipinski definition) is 7. The normalized spacial score (nSPS) is 22.6. The number of amides is 4. The van der Waals surface area contributed by atoms with Crippen molar-refractivity contribution < 1.29 is 28.7 Å². The highest BCUT2D eigenvalue weighted by molar-refractivity contribution is 5.95. The van der Waals surface area contributed by atoms with Crippen molar-refractivity contribution >= 4 is 29.6 Å². The minimum Gasteiger partial charge on any atom is -0.461 e. The van der Waals surface area contributed by atoms with Crippen LogP contribution in [0.1, 0.15) is 87.0 Å². The molecule has 1 aliphatic carbocycles. The van der Waals surface area contributed by atoms with E-state index in [2.05, 4.69) is 21.3 Å². The lowest BCUT2D eigenvalue weighted by molar-refractivity contribution is -0.154. The number of esters is 1. The molecule has 6 atom stereocenters. The molecule has 1 saturated heterocycles. The highest BCUT2D eigenvalue weighted by Gasteiger charge is 2.45. The Morgan fingerprint density at radius 2 is 1.67 bits per heavy atom. The highest BCUT2D eigenvalue weighted by Crippen LogP contribution is 2.27. The fraction of sp³-hybridized carbons (Fsp3) is 0.821. The highest BCUT2D eigenvalue weighted by atomic mass is 16.5. The van der Waals surface area contributed by atoms with Gasteiger partial charge in [0.15, 0.2) is 5.78 Å². The van der Waals surface area contributed by atoms with Gasteiger partial charge in [-0.15, -0.1) is 0 Å². The smallest absolute Gasteiger partial charge is 0.328 e. The van der Waals surface area contributed by atoms with Crippen LogP contribution in [0.4, 0.5) is 4.79 Å². The van der Waals surface area contributed by atoms with Gasteiger partial charge in [0, 0.05) is 12.6 Å². The van der Waals surface area contributed by atoms with Gasteiger partial charge in [-0.05, 0) is 64.3 Å². The number of carbonyl (C=O) groups excluding carboxylic acids is 5. The second-order valence-corrected chi connectivity index (χ2v) is 12.3. The molecule has 1 saturated carbocycles. The second-order valence-electron chi connectivity index (χ2n) is 12.3. The number of ketones is 1. The van der Waals surface area contributed by atoms with Crippen LogP contribution in [0.2, 0.25) is 0 Å². The standard InChI is InChI=1S/C28H49N5O6/c1-9-16(2)13-21(18(4)34)31-24(35)22-14-19(29-8)15-33(22)25(36)23(28(5,6)7)32-27(38)30-17(3)26(37)39-20-11-10-12-20/h16-17,19-23,29H,9-15H2,1-8H3,(H,31,35)(H2,30,32,38). The number of urea groups is 1. The van der Waals surface area contributed by atoms with E-state index in [-0.39, 0.29) is 36.3 Å². The summed E-state index contributed by atoms with van der Waals surface area (Å²) in [5.41, 5.74) is -0.693. The van der Waals surface area contributed by atoms with Crippen molar-refractivity contribution in [1.82, 2.24) is 26.2 Å². The van der Waals surface area contributed by atoms with E-state index in [0.29, 0.717) is 12.8 Å². The number of hydrogen-bond donors (Lipinski definition) is 4. The number of ether oxygens (including phenoxy) is 1. The van der Waals surface area contributed by atoms with Gasteiger partial charge >= 0.3 is 12.0 Å². The van der Waals surface area contributed by atoms with Gasteiger partial charge in [0.1, 0.15) is 24.2 Å². The molecule has 0 aromatic heterocycles. The molecule has 4 N–H and O–H groups in total. The van der Waals surface area contributed by atoms with Crippen LogP contribution >= 0.6 is 0 Å². The Kier molecular flexibility index (Phi) is 11.8. The quantitative estimate of drug-likeness (QED) is 0.271. The van der Waals surface area contributed by atoms with Crippen molar-refractivity contribution in [3.63, 3.8) is 0 Å². The van der Waals surface area contributed by atoms with E-state index in [1.807, 2.05) is 34.6 Å². The maximum atomic E-state index is 13.9. The Morgan fingerprint density at radius 3 is 2.15 bits per heavy atom. The van der Waals surface area contributed by atoms with E-state index in [0.717, 1.165) is 25.7 Å². The zero-order valence-corrected chi connectivity index (χ0v) is 24.9. The summed E-state index contributed by atoms with van der Waals surface area (Å²) in [4.78, 5) is 66.2. The zero-order chi connectivity index (χ0) is 29.5. The summed E-state index contributed by atoms with van der Waals surface area (Å²) in [6.45, 7) is 12.8. The number of rotatable bonds is 12. The molecular formula is C28H49N5O6. The molecule has 6 unspecified atom stereocenters. The molecule has 2 rings (SSSR count). The van der Waals surface area contributed by atoms with Crippen LogP contribution in [-0.2, 0) is 23.9 Å². The fourth-order valence-electron chi connectivity index (χ4n) is 4.70. The maximum absolute atomic E-state index is 13.9. The lowest BCUT2D eigenvalue weighted by atomic mass is 9.85. The van der Waals surface area contributed by atoms with E-state index in [1.54, 1.807) is 7.05 Å². The van der Waals surface area contributed by atoms with Gasteiger partial charge in [-0.2, -0.15) is 0 Å². The number of likely N-dealkylation sites (N-methyl/N-ethyl adjacent to an activating group) is 1. The number of nitrogens with one attached hydrogen (secondary N) is 4. The summed E-state index contributed by atoms with van der Waals surface area (Å²) in [6, 6.07) is -4.06. The van der Waals surface area contributed by atoms with Crippen molar-refractivity contribution in [2.45, 2.75) is 123 Å². The third-order valence-electron chi connectivity index (χ3n) is 7.86. The van der Waals surface area contributed by atoms with Crippen LogP contribution in [0.5, 0.6) is 0 Å². The summed E-state index contributed by atoms with van der Waals surface area (Å²) in [5, 5.41) is 11.3. The van der Waals surface area contributed by atoms with Crippen LogP contribution < -0.4 is 21.3 Å². The number of carbonyl (C=O) groups is 5. The summed E-state index contributed by atoms with van der Waals surface area (Å²) >= 11 is 0. The fourth-order valence-corrected chi connectivity index (χ4v) is 4.70. The van der Waals surface area contributed by atoms with Gasteiger partial charge in [0.25, 0.3) is 0 Å². The van der Waals surface area contributed by atoms with Gasteiger partial charge in [-0.25, -0.2) is 9.59 Å². The zero-order valence-electron chi connectivity index (χ0n) is 24.9. The van der Waals surface area contributed by atoms with Gasteiger partial charge < -0.3 is 30.9 Å². The summed E-state index contributed by atoms with van der Waals surface area (Å²) in [7, 11) is 1.77. The maximum Gasteiger partial charge on any atom is 0.328 e. The lowest BCUT2D eigenvalue weighted by Crippen LogP contribution is -2.60. The van der Waals surface area contributed by atoms with Crippen LogP contribution in [0.3, 0.4) is 0 Å².